The summed E-state index contributed by atoms with van der Waals surface area (Å²) < 4.78 is 10.8. The Morgan fingerprint density at radius 2 is 0.538 bits per heavy atom. The normalized spacial score (nSPS) is 11.7. The molecular formula is C82H181N5O4. The first-order valence-electron chi connectivity index (χ1n) is 38.5. The van der Waals surface area contributed by atoms with E-state index in [1.54, 1.807) is 4.90 Å². The third kappa shape index (κ3) is 116. The van der Waals surface area contributed by atoms with Crippen molar-refractivity contribution >= 4 is 12.2 Å². The standard InChI is InChI=1S/C14H29NO2.C13H27NO2.C10H23N.2C10H22.C9H21N.C8H19N.C8H18/c1-11(2)8-9-15(10-12(3)4)13(16)17-14(5,6)7;1-10(2)8-14(9-11(3)4)12(15)16-13(5,6)7;1-6-11(7-9(2)3)8-10(4)5;2*1-9(2)7-5-6-8-10(3)4;1-8(2)5-6-10-7-9(3)4;1-7(2)5-9-6-8(3)4;1-7(2)5-6-8(3)4/h11-12H,8-10H2,1-7H3;10-11H,8-9H2,1-7H3;9-10H,6-8H2,1-5H3;2*9-10H,5-8H2,1-4H3;8-10H,5-7H2,1-4H3;7-9H,5-6H2,1-4H3;7-8H,5-6H2,1-4H3. The molecule has 0 aromatic heterocycles. The zero-order valence-corrected chi connectivity index (χ0v) is 70.5. The van der Waals surface area contributed by atoms with Gasteiger partial charge in [-0.15, -0.1) is 0 Å². The zero-order valence-electron chi connectivity index (χ0n) is 70.5. The van der Waals surface area contributed by atoms with E-state index in [2.05, 4.69) is 244 Å². The third-order valence-electron chi connectivity index (χ3n) is 13.2. The van der Waals surface area contributed by atoms with Crippen LogP contribution in [0.3, 0.4) is 0 Å². The summed E-state index contributed by atoms with van der Waals surface area (Å²) in [4.78, 5) is 30.1. The molecule has 0 atom stereocenters. The van der Waals surface area contributed by atoms with E-state index in [9.17, 15) is 9.59 Å². The number of carbonyl (C=O) groups excluding carboxylic acids is 2. The Morgan fingerprint density at radius 3 is 0.758 bits per heavy atom. The van der Waals surface area contributed by atoms with Crippen LogP contribution in [-0.4, -0.2) is 110 Å². The number of unbranched alkanes of at least 4 members (excludes halogenated alkanes) is 2. The minimum Gasteiger partial charge on any atom is -0.444 e. The van der Waals surface area contributed by atoms with Crippen LogP contribution < -0.4 is 10.6 Å². The van der Waals surface area contributed by atoms with Crippen molar-refractivity contribution in [1.82, 2.24) is 25.3 Å². The zero-order chi connectivity index (χ0) is 73.2. The van der Waals surface area contributed by atoms with Crippen LogP contribution in [0.1, 0.15) is 347 Å². The molecule has 0 saturated heterocycles. The van der Waals surface area contributed by atoms with Crippen molar-refractivity contribution in [2.24, 2.45) is 94.7 Å². The number of ether oxygens (including phenoxy) is 2. The second-order valence-corrected chi connectivity index (χ2v) is 35.6. The molecule has 0 aliphatic heterocycles. The van der Waals surface area contributed by atoms with Crippen molar-refractivity contribution in [3.05, 3.63) is 0 Å². The number of rotatable bonds is 36. The van der Waals surface area contributed by atoms with E-state index in [0.717, 1.165) is 123 Å². The van der Waals surface area contributed by atoms with E-state index < -0.39 is 11.2 Å². The SMILES string of the molecule is CC(C)CCC(C)C.CC(C)CCCCC(C)C.CC(C)CCCCC(C)C.CC(C)CCN(CC(C)C)C(=O)OC(C)(C)C.CC(C)CCNCC(C)C.CC(C)CN(CC(C)C)C(=O)OC(C)(C)C.CC(C)CNCC(C)C.CCN(CC(C)C)CC(C)C. The maximum atomic E-state index is 12.0. The predicted octanol–water partition coefficient (Wildman–Crippen LogP) is 25.0. The van der Waals surface area contributed by atoms with Crippen LogP contribution in [0.15, 0.2) is 0 Å². The number of nitrogens with zero attached hydrogens (tertiary/aromatic N) is 3. The third-order valence-corrected chi connectivity index (χ3v) is 13.2. The summed E-state index contributed by atoms with van der Waals surface area (Å²) in [5.41, 5.74) is -0.826. The number of nitrogens with one attached hydrogen (secondary N) is 2. The van der Waals surface area contributed by atoms with Gasteiger partial charge in [0.15, 0.2) is 0 Å². The quantitative estimate of drug-likeness (QED) is 0.0605. The molecule has 0 aromatic rings. The summed E-state index contributed by atoms with van der Waals surface area (Å²) in [5.74, 6) is 12.1. The average molecular weight is 1300 g/mol. The highest BCUT2D eigenvalue weighted by Gasteiger charge is 2.24. The Bertz CT molecular complexity index is 1340. The van der Waals surface area contributed by atoms with Crippen molar-refractivity contribution < 1.29 is 19.1 Å². The fraction of sp³-hybridized carbons (Fsp3) is 0.976. The first-order valence-corrected chi connectivity index (χ1v) is 38.5. The molecule has 2 N–H and O–H groups in total. The summed E-state index contributed by atoms with van der Waals surface area (Å²) >= 11 is 0. The second-order valence-electron chi connectivity index (χ2n) is 35.6. The van der Waals surface area contributed by atoms with Crippen LogP contribution in [0.4, 0.5) is 9.59 Å². The Balaban J connectivity index is -0.000000146. The lowest BCUT2D eigenvalue weighted by Crippen LogP contribution is -2.40. The second kappa shape index (κ2) is 67.0. The lowest BCUT2D eigenvalue weighted by molar-refractivity contribution is 0.0201. The first kappa shape index (κ1) is 105. The average Bonchev–Trinajstić information content (AvgIpc) is 2.54. The highest BCUT2D eigenvalue weighted by Crippen LogP contribution is 2.17. The molecule has 0 radical (unpaired) electrons. The fourth-order valence-electron chi connectivity index (χ4n) is 8.55. The predicted molar refractivity (Wildman–Crippen MR) is 416 cm³/mol. The van der Waals surface area contributed by atoms with Crippen LogP contribution in [0, 0.1) is 94.7 Å². The number of hydrogen-bond acceptors (Lipinski definition) is 7. The lowest BCUT2D eigenvalue weighted by Gasteiger charge is -2.29. The van der Waals surface area contributed by atoms with Gasteiger partial charge in [0, 0.05) is 39.3 Å². The summed E-state index contributed by atoms with van der Waals surface area (Å²) in [6, 6.07) is 0. The molecule has 0 spiro atoms. The van der Waals surface area contributed by atoms with Gasteiger partial charge in [-0.1, -0.05) is 293 Å². The highest BCUT2D eigenvalue weighted by atomic mass is 16.6. The molecule has 0 aliphatic carbocycles. The fourth-order valence-corrected chi connectivity index (χ4v) is 8.55. The summed E-state index contributed by atoms with van der Waals surface area (Å²) in [7, 11) is 0. The Hall–Kier alpha value is -1.58. The molecule has 0 unspecified atom stereocenters. The van der Waals surface area contributed by atoms with Crippen molar-refractivity contribution in [3.63, 3.8) is 0 Å². The molecule has 91 heavy (non-hydrogen) atoms. The molecule has 0 aromatic carbocycles. The van der Waals surface area contributed by atoms with Gasteiger partial charge in [-0.3, -0.25) is 0 Å². The van der Waals surface area contributed by atoms with Gasteiger partial charge in [0.05, 0.1) is 0 Å². The molecule has 2 amide bonds. The van der Waals surface area contributed by atoms with Crippen molar-refractivity contribution in [1.29, 1.82) is 0 Å². The van der Waals surface area contributed by atoms with E-state index >= 15 is 0 Å². The maximum absolute atomic E-state index is 12.0. The van der Waals surface area contributed by atoms with Crippen LogP contribution >= 0.6 is 0 Å². The molecule has 9 nitrogen and oxygen atoms in total. The molecule has 0 saturated carbocycles. The van der Waals surface area contributed by atoms with E-state index in [0.29, 0.717) is 23.7 Å². The van der Waals surface area contributed by atoms with Gasteiger partial charge in [-0.05, 0) is 182 Å². The molecule has 558 valence electrons. The van der Waals surface area contributed by atoms with Gasteiger partial charge in [-0.25, -0.2) is 9.59 Å². The van der Waals surface area contributed by atoms with Crippen LogP contribution in [-0.2, 0) is 9.47 Å². The smallest absolute Gasteiger partial charge is 0.410 e. The van der Waals surface area contributed by atoms with Crippen molar-refractivity contribution in [2.75, 3.05) is 72.0 Å². The van der Waals surface area contributed by atoms with Crippen LogP contribution in [0.25, 0.3) is 0 Å². The highest BCUT2D eigenvalue weighted by molar-refractivity contribution is 5.68. The Labute approximate surface area is 578 Å². The molecule has 0 bridgehead atoms. The number of carbonyl (C=O) groups is 2. The number of amides is 2. The molecule has 0 rings (SSSR count). The Kier molecular flexibility index (Phi) is 77.7. The minimum absolute atomic E-state index is 0.188. The monoisotopic (exact) mass is 1300 g/mol. The van der Waals surface area contributed by atoms with Gasteiger partial charge >= 0.3 is 12.2 Å². The summed E-state index contributed by atoms with van der Waals surface area (Å²) in [6.07, 6.45) is 16.0. The molecular weight excluding hydrogens is 1120 g/mol. The minimum atomic E-state index is -0.413. The van der Waals surface area contributed by atoms with Crippen molar-refractivity contribution in [3.8, 4) is 0 Å². The maximum Gasteiger partial charge on any atom is 0.410 e. The molecule has 0 aliphatic rings. The van der Waals surface area contributed by atoms with E-state index in [1.165, 1.54) is 96.8 Å². The number of hydrogen-bond donors (Lipinski definition) is 2. The van der Waals surface area contributed by atoms with E-state index in [4.69, 9.17) is 9.47 Å². The molecule has 0 heterocycles. The van der Waals surface area contributed by atoms with E-state index in [-0.39, 0.29) is 12.2 Å². The largest absolute Gasteiger partial charge is 0.444 e. The van der Waals surface area contributed by atoms with Gasteiger partial charge < -0.3 is 34.8 Å². The first-order chi connectivity index (χ1) is 41.4. The van der Waals surface area contributed by atoms with Gasteiger partial charge in [0.1, 0.15) is 11.2 Å². The molecule has 0 fully saturated rings. The van der Waals surface area contributed by atoms with Crippen molar-refractivity contribution in [2.45, 2.75) is 358 Å². The van der Waals surface area contributed by atoms with Gasteiger partial charge in [-0.2, -0.15) is 0 Å². The summed E-state index contributed by atoms with van der Waals surface area (Å²) in [5, 5.41) is 6.80. The van der Waals surface area contributed by atoms with Gasteiger partial charge in [0.25, 0.3) is 0 Å². The topological polar surface area (TPSA) is 86.4 Å². The lowest BCUT2D eigenvalue weighted by atomic mass is 10.0. The Morgan fingerprint density at radius 1 is 0.297 bits per heavy atom. The van der Waals surface area contributed by atoms with Crippen LogP contribution in [0.5, 0.6) is 0 Å². The summed E-state index contributed by atoms with van der Waals surface area (Å²) in [6.45, 7) is 96.6. The van der Waals surface area contributed by atoms with E-state index in [1.807, 2.05) is 46.4 Å². The van der Waals surface area contributed by atoms with Crippen LogP contribution in [0.2, 0.25) is 0 Å². The van der Waals surface area contributed by atoms with Gasteiger partial charge in [0.2, 0.25) is 0 Å². The molecule has 9 heteroatoms.